The normalized spacial score (nSPS) is 16.8. The van der Waals surface area contributed by atoms with Crippen LogP contribution in [-0.4, -0.2) is 43.2 Å². The highest BCUT2D eigenvalue weighted by molar-refractivity contribution is 9.10. The van der Waals surface area contributed by atoms with E-state index in [1.165, 1.54) is 15.6 Å². The molecule has 1 aliphatic heterocycles. The van der Waals surface area contributed by atoms with Crippen molar-refractivity contribution in [2.45, 2.75) is 51.7 Å². The Labute approximate surface area is 206 Å². The van der Waals surface area contributed by atoms with Gasteiger partial charge in [-0.3, -0.25) is 14.5 Å². The standard InChI is InChI=1S/C22H27BrClF2N3O3Si/c1-33(2,3)9-8-32-13-29-21(18(12-30)19(23)27-29)28-7-6-15(22(28)31)10-14-4-5-16(24)11-17(14)20(25)26/h4-5,11-12,15,20H,6-10,13H2,1-3H3. The Kier molecular flexibility index (Phi) is 8.47. The molecule has 11 heteroatoms. The van der Waals surface area contributed by atoms with Crippen LogP contribution in [0.15, 0.2) is 22.8 Å². The van der Waals surface area contributed by atoms with Crippen molar-refractivity contribution in [2.24, 2.45) is 5.92 Å². The molecule has 33 heavy (non-hydrogen) atoms. The van der Waals surface area contributed by atoms with Gasteiger partial charge in [0, 0.05) is 37.7 Å². The number of halogens is 4. The molecule has 0 saturated carbocycles. The molecule has 180 valence electrons. The summed E-state index contributed by atoms with van der Waals surface area (Å²) in [7, 11) is -1.27. The zero-order valence-corrected chi connectivity index (χ0v) is 22.1. The lowest BCUT2D eigenvalue weighted by Crippen LogP contribution is -2.31. The molecule has 1 amide bonds. The molecule has 3 rings (SSSR count). The number of anilines is 1. The van der Waals surface area contributed by atoms with E-state index in [-0.39, 0.29) is 35.2 Å². The number of aldehydes is 1. The summed E-state index contributed by atoms with van der Waals surface area (Å²) < 4.78 is 34.6. The van der Waals surface area contributed by atoms with Gasteiger partial charge in [-0.2, -0.15) is 5.10 Å². The molecule has 2 aromatic rings. The fourth-order valence-corrected chi connectivity index (χ4v) is 5.20. The molecule has 1 fully saturated rings. The maximum atomic E-state index is 13.5. The van der Waals surface area contributed by atoms with E-state index < -0.39 is 20.4 Å². The minimum atomic E-state index is -2.68. The SMILES string of the molecule is C[Si](C)(C)CCOCn1nc(Br)c(C=O)c1N1CCC(Cc2ccc(Cl)cc2C(F)F)C1=O. The summed E-state index contributed by atoms with van der Waals surface area (Å²) in [6, 6.07) is 5.31. The first-order chi connectivity index (χ1) is 15.5. The Bertz CT molecular complexity index is 1030. The number of hydrogen-bond acceptors (Lipinski definition) is 4. The van der Waals surface area contributed by atoms with Crippen LogP contribution in [0.1, 0.15) is 34.3 Å². The summed E-state index contributed by atoms with van der Waals surface area (Å²) >= 11 is 9.17. The third-order valence-corrected chi connectivity index (χ3v) is 8.15. The molecule has 1 aromatic heterocycles. The van der Waals surface area contributed by atoms with Gasteiger partial charge in [0.1, 0.15) is 17.2 Å². The number of ether oxygens (including phenoxy) is 1. The predicted molar refractivity (Wildman–Crippen MR) is 130 cm³/mol. The van der Waals surface area contributed by atoms with Gasteiger partial charge in [-0.15, -0.1) is 0 Å². The molecule has 1 aliphatic rings. The number of amides is 1. The van der Waals surface area contributed by atoms with E-state index in [9.17, 15) is 18.4 Å². The molecular weight excluding hydrogens is 536 g/mol. The van der Waals surface area contributed by atoms with Gasteiger partial charge < -0.3 is 4.74 Å². The lowest BCUT2D eigenvalue weighted by molar-refractivity contribution is -0.120. The first-order valence-electron chi connectivity index (χ1n) is 10.7. The largest absolute Gasteiger partial charge is 0.359 e. The van der Waals surface area contributed by atoms with E-state index >= 15 is 0 Å². The van der Waals surface area contributed by atoms with Crippen LogP contribution in [-0.2, 0) is 22.7 Å². The Morgan fingerprint density at radius 1 is 1.36 bits per heavy atom. The van der Waals surface area contributed by atoms with Crippen molar-refractivity contribution in [3.63, 3.8) is 0 Å². The van der Waals surface area contributed by atoms with Crippen LogP contribution in [0.2, 0.25) is 30.7 Å². The number of alkyl halides is 2. The van der Waals surface area contributed by atoms with Crippen molar-refractivity contribution < 1.29 is 23.1 Å². The summed E-state index contributed by atoms with van der Waals surface area (Å²) in [6.07, 6.45) is -1.38. The van der Waals surface area contributed by atoms with Crippen molar-refractivity contribution >= 4 is 53.6 Å². The minimum absolute atomic E-state index is 0.105. The third kappa shape index (κ3) is 6.29. The van der Waals surface area contributed by atoms with Gasteiger partial charge >= 0.3 is 0 Å². The molecule has 1 aromatic carbocycles. The molecule has 1 unspecified atom stereocenters. The van der Waals surface area contributed by atoms with Gasteiger partial charge in [0.25, 0.3) is 6.43 Å². The molecule has 0 aliphatic carbocycles. The molecule has 0 bridgehead atoms. The number of benzene rings is 1. The summed E-state index contributed by atoms with van der Waals surface area (Å²) in [5.41, 5.74) is 0.498. The Morgan fingerprint density at radius 2 is 2.09 bits per heavy atom. The second-order valence-corrected chi connectivity index (χ2v) is 16.1. The number of rotatable bonds is 10. The second-order valence-electron chi connectivity index (χ2n) is 9.32. The van der Waals surface area contributed by atoms with Gasteiger partial charge in [0.05, 0.1) is 5.56 Å². The fourth-order valence-electron chi connectivity index (χ4n) is 3.80. The summed E-state index contributed by atoms with van der Waals surface area (Å²) in [5, 5.41) is 4.56. The second kappa shape index (κ2) is 10.8. The van der Waals surface area contributed by atoms with E-state index in [0.29, 0.717) is 41.8 Å². The van der Waals surface area contributed by atoms with E-state index in [0.717, 1.165) is 6.04 Å². The molecule has 1 atom stereocenters. The lowest BCUT2D eigenvalue weighted by Gasteiger charge is -2.20. The van der Waals surface area contributed by atoms with Crippen molar-refractivity contribution in [2.75, 3.05) is 18.1 Å². The van der Waals surface area contributed by atoms with E-state index in [1.807, 2.05) is 0 Å². The highest BCUT2D eigenvalue weighted by Crippen LogP contribution is 2.35. The maximum absolute atomic E-state index is 13.5. The van der Waals surface area contributed by atoms with Crippen LogP contribution in [0.25, 0.3) is 0 Å². The highest BCUT2D eigenvalue weighted by atomic mass is 79.9. The summed E-state index contributed by atoms with van der Waals surface area (Å²) in [4.78, 5) is 26.5. The van der Waals surface area contributed by atoms with Crippen molar-refractivity contribution in [1.82, 2.24) is 9.78 Å². The zero-order valence-electron chi connectivity index (χ0n) is 18.8. The van der Waals surface area contributed by atoms with Crippen molar-refractivity contribution in [1.29, 1.82) is 0 Å². The molecule has 0 radical (unpaired) electrons. The molecule has 2 heterocycles. The summed E-state index contributed by atoms with van der Waals surface area (Å²) in [5.74, 6) is -0.357. The lowest BCUT2D eigenvalue weighted by atomic mass is 9.94. The van der Waals surface area contributed by atoms with Gasteiger partial charge in [-0.05, 0) is 52.5 Å². The predicted octanol–water partition coefficient (Wildman–Crippen LogP) is 5.96. The minimum Gasteiger partial charge on any atom is -0.359 e. The van der Waals surface area contributed by atoms with Crippen LogP contribution < -0.4 is 4.90 Å². The summed E-state index contributed by atoms with van der Waals surface area (Å²) in [6.45, 7) is 7.77. The van der Waals surface area contributed by atoms with Gasteiger partial charge in [-0.25, -0.2) is 13.5 Å². The average Bonchev–Trinajstić information content (AvgIpc) is 3.24. The maximum Gasteiger partial charge on any atom is 0.264 e. The van der Waals surface area contributed by atoms with Crippen LogP contribution in [0, 0.1) is 5.92 Å². The quantitative estimate of drug-likeness (QED) is 0.204. The van der Waals surface area contributed by atoms with Gasteiger partial charge in [-0.1, -0.05) is 37.3 Å². The number of aromatic nitrogens is 2. The molecular formula is C22H27BrClF2N3O3Si. The first-order valence-corrected chi connectivity index (χ1v) is 15.6. The number of hydrogen-bond donors (Lipinski definition) is 0. The Hall–Kier alpha value is -1.62. The average molecular weight is 563 g/mol. The van der Waals surface area contributed by atoms with E-state index in [2.05, 4.69) is 40.7 Å². The zero-order chi connectivity index (χ0) is 24.3. The highest BCUT2D eigenvalue weighted by Gasteiger charge is 2.37. The smallest absolute Gasteiger partial charge is 0.264 e. The number of nitrogens with zero attached hydrogens (tertiary/aromatic N) is 3. The number of carbonyl (C=O) groups excluding carboxylic acids is 2. The molecule has 1 saturated heterocycles. The van der Waals surface area contributed by atoms with Crippen LogP contribution in [0.3, 0.4) is 0 Å². The van der Waals surface area contributed by atoms with E-state index in [4.69, 9.17) is 16.3 Å². The topological polar surface area (TPSA) is 64.4 Å². The van der Waals surface area contributed by atoms with Crippen LogP contribution in [0.5, 0.6) is 0 Å². The molecule has 0 spiro atoms. The van der Waals surface area contributed by atoms with Gasteiger partial charge in [0.2, 0.25) is 5.91 Å². The number of carbonyl (C=O) groups is 2. The third-order valence-electron chi connectivity index (χ3n) is 5.63. The monoisotopic (exact) mass is 561 g/mol. The van der Waals surface area contributed by atoms with Crippen molar-refractivity contribution in [3.05, 3.63) is 44.5 Å². The molecule has 6 nitrogen and oxygen atoms in total. The fraction of sp³-hybridized carbons (Fsp3) is 0.500. The van der Waals surface area contributed by atoms with E-state index in [1.54, 1.807) is 12.1 Å². The first kappa shape index (κ1) is 26.0. The van der Waals surface area contributed by atoms with Crippen LogP contribution in [0.4, 0.5) is 14.6 Å². The van der Waals surface area contributed by atoms with Crippen molar-refractivity contribution in [3.8, 4) is 0 Å². The molecule has 0 N–H and O–H groups in total. The van der Waals surface area contributed by atoms with Gasteiger partial charge in [0.15, 0.2) is 6.29 Å². The van der Waals surface area contributed by atoms with Crippen LogP contribution >= 0.6 is 27.5 Å². The Balaban J connectivity index is 1.79. The Morgan fingerprint density at radius 3 is 2.73 bits per heavy atom.